The molecule has 0 aromatic heterocycles. The molecule has 1 saturated carbocycles. The van der Waals surface area contributed by atoms with Crippen molar-refractivity contribution in [3.8, 4) is 0 Å². The van der Waals surface area contributed by atoms with Gasteiger partial charge in [-0.15, -0.1) is 0 Å². The molecule has 1 rings (SSSR count). The molecular formula is C8H14O3. The summed E-state index contributed by atoms with van der Waals surface area (Å²) < 4.78 is 5.02. The van der Waals surface area contributed by atoms with Crippen LogP contribution in [-0.4, -0.2) is 23.8 Å². The van der Waals surface area contributed by atoms with Gasteiger partial charge in [-0.1, -0.05) is 0 Å². The highest BCUT2D eigenvalue weighted by atomic mass is 16.5. The summed E-state index contributed by atoms with van der Waals surface area (Å²) in [5, 5.41) is 8.86. The van der Waals surface area contributed by atoms with Crippen molar-refractivity contribution in [2.24, 2.45) is 5.92 Å². The second kappa shape index (κ2) is 3.72. The minimum atomic E-state index is -0.240. The van der Waals surface area contributed by atoms with Crippen molar-refractivity contribution in [3.05, 3.63) is 0 Å². The standard InChI is InChI=1S/C8H14O3/c1-6(10)11-8-4-2-3-7(8)5-9/h7-9H,2-5H2,1H3. The van der Waals surface area contributed by atoms with E-state index in [1.807, 2.05) is 0 Å². The van der Waals surface area contributed by atoms with Gasteiger partial charge in [0.2, 0.25) is 0 Å². The van der Waals surface area contributed by atoms with Crippen LogP contribution in [0.3, 0.4) is 0 Å². The quantitative estimate of drug-likeness (QED) is 0.602. The molecule has 64 valence electrons. The Labute approximate surface area is 66.4 Å². The molecule has 1 aliphatic carbocycles. The van der Waals surface area contributed by atoms with Crippen LogP contribution < -0.4 is 0 Å². The van der Waals surface area contributed by atoms with Crippen molar-refractivity contribution in [1.29, 1.82) is 0 Å². The molecule has 1 N–H and O–H groups in total. The van der Waals surface area contributed by atoms with Gasteiger partial charge in [-0.25, -0.2) is 0 Å². The number of hydrogen-bond acceptors (Lipinski definition) is 3. The van der Waals surface area contributed by atoms with E-state index in [2.05, 4.69) is 0 Å². The van der Waals surface area contributed by atoms with Crippen LogP contribution in [-0.2, 0) is 9.53 Å². The largest absolute Gasteiger partial charge is 0.462 e. The van der Waals surface area contributed by atoms with Crippen LogP contribution in [0.5, 0.6) is 0 Å². The number of carbonyl (C=O) groups excluding carboxylic acids is 1. The molecule has 0 aliphatic heterocycles. The van der Waals surface area contributed by atoms with Crippen LogP contribution in [0.2, 0.25) is 0 Å². The summed E-state index contributed by atoms with van der Waals surface area (Å²) in [5.74, 6) is -0.0609. The molecule has 0 amide bonds. The molecule has 0 radical (unpaired) electrons. The fraction of sp³-hybridized carbons (Fsp3) is 0.875. The number of hydrogen-bond donors (Lipinski definition) is 1. The van der Waals surface area contributed by atoms with Crippen molar-refractivity contribution in [3.63, 3.8) is 0 Å². The van der Waals surface area contributed by atoms with E-state index in [9.17, 15) is 4.79 Å². The number of aliphatic hydroxyl groups is 1. The first kappa shape index (κ1) is 8.53. The summed E-state index contributed by atoms with van der Waals surface area (Å²) in [4.78, 5) is 10.6. The molecule has 2 unspecified atom stereocenters. The maximum absolute atomic E-state index is 10.6. The number of ether oxygens (including phenoxy) is 1. The Balaban J connectivity index is 2.37. The Morgan fingerprint density at radius 3 is 2.91 bits per heavy atom. The van der Waals surface area contributed by atoms with Crippen molar-refractivity contribution in [2.75, 3.05) is 6.61 Å². The van der Waals surface area contributed by atoms with Gasteiger partial charge in [0.1, 0.15) is 6.10 Å². The monoisotopic (exact) mass is 158 g/mol. The smallest absolute Gasteiger partial charge is 0.302 e. The Morgan fingerprint density at radius 2 is 2.36 bits per heavy atom. The summed E-state index contributed by atoms with van der Waals surface area (Å²) in [5.41, 5.74) is 0. The minimum absolute atomic E-state index is 0.0301. The molecule has 3 heteroatoms. The van der Waals surface area contributed by atoms with E-state index in [1.54, 1.807) is 0 Å². The molecule has 1 fully saturated rings. The molecule has 1 aliphatic rings. The summed E-state index contributed by atoms with van der Waals surface area (Å²) in [6.45, 7) is 1.55. The number of esters is 1. The van der Waals surface area contributed by atoms with Crippen LogP contribution in [0.4, 0.5) is 0 Å². The fourth-order valence-electron chi connectivity index (χ4n) is 1.58. The van der Waals surface area contributed by atoms with E-state index in [0.717, 1.165) is 19.3 Å². The minimum Gasteiger partial charge on any atom is -0.462 e. The highest BCUT2D eigenvalue weighted by Crippen LogP contribution is 2.27. The van der Waals surface area contributed by atoms with Gasteiger partial charge in [0, 0.05) is 19.4 Å². The average Bonchev–Trinajstić information content (AvgIpc) is 2.34. The molecule has 0 spiro atoms. The number of aliphatic hydroxyl groups excluding tert-OH is 1. The Morgan fingerprint density at radius 1 is 1.64 bits per heavy atom. The Kier molecular flexibility index (Phi) is 2.88. The third-order valence-corrected chi connectivity index (χ3v) is 2.14. The van der Waals surface area contributed by atoms with Gasteiger partial charge in [0.25, 0.3) is 0 Å². The van der Waals surface area contributed by atoms with E-state index in [-0.39, 0.29) is 24.6 Å². The lowest BCUT2D eigenvalue weighted by molar-refractivity contribution is -0.148. The van der Waals surface area contributed by atoms with Crippen molar-refractivity contribution < 1.29 is 14.6 Å². The van der Waals surface area contributed by atoms with E-state index in [0.29, 0.717) is 0 Å². The Hall–Kier alpha value is -0.570. The predicted octanol–water partition coefficient (Wildman–Crippen LogP) is 0.710. The molecule has 11 heavy (non-hydrogen) atoms. The second-order valence-electron chi connectivity index (χ2n) is 3.02. The zero-order chi connectivity index (χ0) is 8.27. The second-order valence-corrected chi connectivity index (χ2v) is 3.02. The summed E-state index contributed by atoms with van der Waals surface area (Å²) in [6, 6.07) is 0. The lowest BCUT2D eigenvalue weighted by Crippen LogP contribution is -2.23. The summed E-state index contributed by atoms with van der Waals surface area (Å²) >= 11 is 0. The lowest BCUT2D eigenvalue weighted by Gasteiger charge is -2.16. The van der Waals surface area contributed by atoms with Gasteiger partial charge >= 0.3 is 5.97 Å². The van der Waals surface area contributed by atoms with Crippen molar-refractivity contribution >= 4 is 5.97 Å². The first-order chi connectivity index (χ1) is 5.24. The third kappa shape index (κ3) is 2.19. The first-order valence-corrected chi connectivity index (χ1v) is 4.02. The van der Waals surface area contributed by atoms with Crippen LogP contribution >= 0.6 is 0 Å². The molecule has 0 bridgehead atoms. The van der Waals surface area contributed by atoms with Gasteiger partial charge in [-0.3, -0.25) is 4.79 Å². The molecule has 0 aromatic carbocycles. The molecule has 3 nitrogen and oxygen atoms in total. The zero-order valence-corrected chi connectivity index (χ0v) is 6.75. The highest BCUT2D eigenvalue weighted by molar-refractivity contribution is 5.66. The van der Waals surface area contributed by atoms with E-state index in [1.165, 1.54) is 6.92 Å². The molecule has 0 saturated heterocycles. The number of carbonyl (C=O) groups is 1. The molecule has 2 atom stereocenters. The van der Waals surface area contributed by atoms with Gasteiger partial charge in [0.15, 0.2) is 0 Å². The van der Waals surface area contributed by atoms with Gasteiger partial charge in [-0.2, -0.15) is 0 Å². The zero-order valence-electron chi connectivity index (χ0n) is 6.75. The number of rotatable bonds is 2. The first-order valence-electron chi connectivity index (χ1n) is 4.02. The SMILES string of the molecule is CC(=O)OC1CCCC1CO. The summed E-state index contributed by atoms with van der Waals surface area (Å²) in [6.07, 6.45) is 2.92. The van der Waals surface area contributed by atoms with Gasteiger partial charge in [-0.05, 0) is 19.3 Å². The molecule has 0 aromatic rings. The van der Waals surface area contributed by atoms with Crippen molar-refractivity contribution in [1.82, 2.24) is 0 Å². The van der Waals surface area contributed by atoms with Crippen molar-refractivity contribution in [2.45, 2.75) is 32.3 Å². The maximum Gasteiger partial charge on any atom is 0.302 e. The van der Waals surface area contributed by atoms with Crippen LogP contribution in [0.1, 0.15) is 26.2 Å². The lowest BCUT2D eigenvalue weighted by atomic mass is 10.1. The maximum atomic E-state index is 10.6. The average molecular weight is 158 g/mol. The Bertz CT molecular complexity index is 144. The molecule has 0 heterocycles. The van der Waals surface area contributed by atoms with Gasteiger partial charge < -0.3 is 9.84 Å². The van der Waals surface area contributed by atoms with E-state index < -0.39 is 0 Å². The van der Waals surface area contributed by atoms with E-state index >= 15 is 0 Å². The van der Waals surface area contributed by atoms with Crippen LogP contribution in [0, 0.1) is 5.92 Å². The van der Waals surface area contributed by atoms with Gasteiger partial charge in [0.05, 0.1) is 0 Å². The summed E-state index contributed by atoms with van der Waals surface area (Å²) in [7, 11) is 0. The normalized spacial score (nSPS) is 30.4. The highest BCUT2D eigenvalue weighted by Gasteiger charge is 2.28. The topological polar surface area (TPSA) is 46.5 Å². The van der Waals surface area contributed by atoms with E-state index in [4.69, 9.17) is 9.84 Å². The third-order valence-electron chi connectivity index (χ3n) is 2.14. The van der Waals surface area contributed by atoms with Crippen LogP contribution in [0.25, 0.3) is 0 Å². The fourth-order valence-corrected chi connectivity index (χ4v) is 1.58. The predicted molar refractivity (Wildman–Crippen MR) is 40.0 cm³/mol. The van der Waals surface area contributed by atoms with Crippen LogP contribution in [0.15, 0.2) is 0 Å². The molecular weight excluding hydrogens is 144 g/mol.